The van der Waals surface area contributed by atoms with Crippen molar-refractivity contribution < 1.29 is 18.3 Å². The van der Waals surface area contributed by atoms with Crippen molar-refractivity contribution in [1.29, 1.82) is 0 Å². The number of rotatable bonds is 3. The van der Waals surface area contributed by atoms with Crippen LogP contribution in [0.2, 0.25) is 0 Å². The minimum Gasteiger partial charge on any atom is -0.480 e. The van der Waals surface area contributed by atoms with Crippen molar-refractivity contribution in [1.82, 2.24) is 9.29 Å². The lowest BCUT2D eigenvalue weighted by atomic mass is 9.77. The van der Waals surface area contributed by atoms with E-state index in [1.165, 1.54) is 24.5 Å². The third-order valence-corrected chi connectivity index (χ3v) is 5.55. The summed E-state index contributed by atoms with van der Waals surface area (Å²) in [6.07, 6.45) is 4.06. The van der Waals surface area contributed by atoms with Crippen molar-refractivity contribution in [2.24, 2.45) is 5.41 Å². The third kappa shape index (κ3) is 2.55. The average molecular weight is 298 g/mol. The average Bonchev–Trinajstić information content (AvgIpc) is 2.37. The molecule has 1 aliphatic rings. The maximum absolute atomic E-state index is 12.6. The Balaban J connectivity index is 2.47. The molecule has 0 saturated carbocycles. The van der Waals surface area contributed by atoms with E-state index in [-0.39, 0.29) is 11.4 Å². The molecule has 0 amide bonds. The van der Waals surface area contributed by atoms with Crippen LogP contribution in [0.1, 0.15) is 26.7 Å². The second-order valence-corrected chi connectivity index (χ2v) is 7.53. The van der Waals surface area contributed by atoms with Gasteiger partial charge in [0.1, 0.15) is 10.9 Å². The summed E-state index contributed by atoms with van der Waals surface area (Å²) < 4.78 is 26.3. The fraction of sp³-hybridized carbons (Fsp3) is 0.538. The number of pyridine rings is 1. The zero-order valence-electron chi connectivity index (χ0n) is 11.5. The zero-order valence-corrected chi connectivity index (χ0v) is 12.3. The van der Waals surface area contributed by atoms with E-state index in [1.54, 1.807) is 13.8 Å². The number of carboxylic acid groups (broad SMARTS) is 1. The number of aliphatic carboxylic acids is 1. The lowest BCUT2D eigenvalue weighted by molar-refractivity contribution is -0.147. The molecule has 1 aromatic heterocycles. The molecular weight excluding hydrogens is 280 g/mol. The number of hydrogen-bond acceptors (Lipinski definition) is 4. The van der Waals surface area contributed by atoms with Crippen LogP contribution in [0.3, 0.4) is 0 Å². The van der Waals surface area contributed by atoms with E-state index < -0.39 is 27.4 Å². The van der Waals surface area contributed by atoms with Crippen molar-refractivity contribution >= 4 is 16.0 Å². The number of sulfonamides is 1. The predicted octanol–water partition coefficient (Wildman–Crippen LogP) is 1.35. The summed E-state index contributed by atoms with van der Waals surface area (Å²) in [7, 11) is -3.84. The van der Waals surface area contributed by atoms with E-state index in [9.17, 15) is 18.3 Å². The van der Waals surface area contributed by atoms with E-state index in [0.717, 1.165) is 4.31 Å². The molecule has 0 spiro atoms. The number of hydrogen-bond donors (Lipinski definition) is 1. The Hall–Kier alpha value is -1.47. The smallest absolute Gasteiger partial charge is 0.322 e. The number of piperidine rings is 1. The van der Waals surface area contributed by atoms with Crippen LogP contribution in [0, 0.1) is 5.41 Å². The first-order chi connectivity index (χ1) is 9.27. The lowest BCUT2D eigenvalue weighted by Gasteiger charge is -2.42. The molecule has 1 atom stereocenters. The number of carboxylic acids is 1. The highest BCUT2D eigenvalue weighted by Crippen LogP contribution is 2.38. The molecule has 1 aliphatic heterocycles. The summed E-state index contributed by atoms with van der Waals surface area (Å²) in [4.78, 5) is 15.4. The second-order valence-electron chi connectivity index (χ2n) is 5.64. The van der Waals surface area contributed by atoms with Crippen molar-refractivity contribution in [2.45, 2.75) is 37.6 Å². The molecule has 1 aromatic rings. The van der Waals surface area contributed by atoms with E-state index in [0.29, 0.717) is 12.8 Å². The minimum atomic E-state index is -3.84. The van der Waals surface area contributed by atoms with Gasteiger partial charge in [-0.15, -0.1) is 0 Å². The standard InChI is InChI=1S/C13H18N2O4S/c1-13(2)6-4-8-15(11(13)12(16)17)20(18,19)10-5-3-7-14-9-10/h3,5,7,9,11H,4,6,8H2,1-2H3,(H,16,17). The molecule has 0 bridgehead atoms. The van der Waals surface area contributed by atoms with Crippen LogP contribution in [-0.4, -0.2) is 41.4 Å². The molecule has 0 radical (unpaired) electrons. The van der Waals surface area contributed by atoms with Gasteiger partial charge in [-0.25, -0.2) is 8.42 Å². The van der Waals surface area contributed by atoms with Crippen LogP contribution >= 0.6 is 0 Å². The summed E-state index contributed by atoms with van der Waals surface area (Å²) in [5.41, 5.74) is -0.598. The molecule has 1 fully saturated rings. The van der Waals surface area contributed by atoms with Gasteiger partial charge in [0.2, 0.25) is 10.0 Å². The Morgan fingerprint density at radius 1 is 1.50 bits per heavy atom. The van der Waals surface area contributed by atoms with E-state index in [2.05, 4.69) is 4.98 Å². The van der Waals surface area contributed by atoms with Crippen LogP contribution in [0.5, 0.6) is 0 Å². The van der Waals surface area contributed by atoms with Gasteiger partial charge >= 0.3 is 5.97 Å². The van der Waals surface area contributed by atoms with Crippen LogP contribution < -0.4 is 0 Å². The first kappa shape index (κ1) is 14.9. The monoisotopic (exact) mass is 298 g/mol. The Kier molecular flexibility index (Phi) is 3.84. The van der Waals surface area contributed by atoms with Crippen LogP contribution in [-0.2, 0) is 14.8 Å². The molecule has 2 rings (SSSR count). The van der Waals surface area contributed by atoms with Crippen molar-refractivity contribution in [2.75, 3.05) is 6.54 Å². The van der Waals surface area contributed by atoms with Crippen molar-refractivity contribution in [3.8, 4) is 0 Å². The summed E-state index contributed by atoms with van der Waals surface area (Å²) in [5, 5.41) is 9.43. The Bertz CT molecular complexity index is 598. The van der Waals surface area contributed by atoms with Gasteiger partial charge < -0.3 is 5.11 Å². The van der Waals surface area contributed by atoms with Crippen LogP contribution in [0.25, 0.3) is 0 Å². The van der Waals surface area contributed by atoms with E-state index >= 15 is 0 Å². The molecule has 2 heterocycles. The first-order valence-electron chi connectivity index (χ1n) is 6.41. The fourth-order valence-corrected chi connectivity index (χ4v) is 4.44. The van der Waals surface area contributed by atoms with Gasteiger partial charge in [0.25, 0.3) is 0 Å². The quantitative estimate of drug-likeness (QED) is 0.910. The Labute approximate surface area is 118 Å². The van der Waals surface area contributed by atoms with Gasteiger partial charge in [-0.2, -0.15) is 4.31 Å². The highest BCUT2D eigenvalue weighted by Gasteiger charge is 2.47. The molecule has 6 nitrogen and oxygen atoms in total. The maximum Gasteiger partial charge on any atom is 0.322 e. The van der Waals surface area contributed by atoms with Gasteiger partial charge in [-0.05, 0) is 30.4 Å². The molecule has 1 N–H and O–H groups in total. The fourth-order valence-electron chi connectivity index (χ4n) is 2.70. The van der Waals surface area contributed by atoms with Gasteiger partial charge in [0.05, 0.1) is 0 Å². The zero-order chi connectivity index (χ0) is 15.0. The molecule has 0 aromatic carbocycles. The van der Waals surface area contributed by atoms with E-state index in [1.807, 2.05) is 0 Å². The SMILES string of the molecule is CC1(C)CCCN(S(=O)(=O)c2cccnc2)C1C(=O)O. The molecule has 110 valence electrons. The third-order valence-electron chi connectivity index (χ3n) is 3.70. The Morgan fingerprint density at radius 3 is 2.75 bits per heavy atom. The molecule has 0 aliphatic carbocycles. The van der Waals surface area contributed by atoms with Gasteiger partial charge in [0, 0.05) is 18.9 Å². The largest absolute Gasteiger partial charge is 0.480 e. The highest BCUT2D eigenvalue weighted by molar-refractivity contribution is 7.89. The van der Waals surface area contributed by atoms with Gasteiger partial charge in [-0.3, -0.25) is 9.78 Å². The molecule has 1 saturated heterocycles. The second kappa shape index (κ2) is 5.14. The topological polar surface area (TPSA) is 87.6 Å². The molecule has 7 heteroatoms. The molecular formula is C13H18N2O4S. The van der Waals surface area contributed by atoms with E-state index in [4.69, 9.17) is 0 Å². The van der Waals surface area contributed by atoms with Crippen LogP contribution in [0.4, 0.5) is 0 Å². The highest BCUT2D eigenvalue weighted by atomic mass is 32.2. The number of aromatic nitrogens is 1. The Morgan fingerprint density at radius 2 is 2.20 bits per heavy atom. The van der Waals surface area contributed by atoms with Gasteiger partial charge in [0.15, 0.2) is 0 Å². The summed E-state index contributed by atoms with van der Waals surface area (Å²) in [6, 6.07) is 1.90. The van der Waals surface area contributed by atoms with Crippen molar-refractivity contribution in [3.63, 3.8) is 0 Å². The predicted molar refractivity (Wildman–Crippen MR) is 72.6 cm³/mol. The number of carbonyl (C=O) groups is 1. The maximum atomic E-state index is 12.6. The first-order valence-corrected chi connectivity index (χ1v) is 7.85. The van der Waals surface area contributed by atoms with Crippen molar-refractivity contribution in [3.05, 3.63) is 24.5 Å². The lowest BCUT2D eigenvalue weighted by Crippen LogP contribution is -2.56. The number of nitrogens with zero attached hydrogens (tertiary/aromatic N) is 2. The summed E-state index contributed by atoms with van der Waals surface area (Å²) in [5.74, 6) is -1.11. The molecule has 20 heavy (non-hydrogen) atoms. The van der Waals surface area contributed by atoms with Gasteiger partial charge in [-0.1, -0.05) is 13.8 Å². The van der Waals surface area contributed by atoms with Crippen LogP contribution in [0.15, 0.2) is 29.4 Å². The molecule has 1 unspecified atom stereocenters. The summed E-state index contributed by atoms with van der Waals surface area (Å²) >= 11 is 0. The normalized spacial score (nSPS) is 23.4. The summed E-state index contributed by atoms with van der Waals surface area (Å²) in [6.45, 7) is 3.80. The minimum absolute atomic E-state index is 0.0314.